The third-order valence-corrected chi connectivity index (χ3v) is 4.36. The number of H-pyrrole nitrogens is 1. The van der Waals surface area contributed by atoms with E-state index in [4.69, 9.17) is 0 Å². The maximum Gasteiger partial charge on any atom is 0.321 e. The number of fused-ring (bicyclic) bond motifs is 1. The number of aryl methyl sites for hydroxylation is 1. The molecule has 1 fully saturated rings. The van der Waals surface area contributed by atoms with Crippen LogP contribution in [0.1, 0.15) is 22.5 Å². The fourth-order valence-electron chi connectivity index (χ4n) is 2.97. The van der Waals surface area contributed by atoms with Gasteiger partial charge in [-0.15, -0.1) is 0 Å². The lowest BCUT2D eigenvalue weighted by Crippen LogP contribution is -2.46. The van der Waals surface area contributed by atoms with Gasteiger partial charge in [-0.1, -0.05) is 6.07 Å². The summed E-state index contributed by atoms with van der Waals surface area (Å²) in [5.74, 6) is -0.264. The minimum Gasteiger partial charge on any atom is -0.338 e. The second kappa shape index (κ2) is 6.47. The van der Waals surface area contributed by atoms with Gasteiger partial charge in [-0.25, -0.2) is 9.78 Å². The molecule has 1 aliphatic rings. The Morgan fingerprint density at radius 3 is 3.04 bits per heavy atom. The molecule has 8 nitrogen and oxygen atoms in total. The highest BCUT2D eigenvalue weighted by atomic mass is 16.2. The second-order valence-corrected chi connectivity index (χ2v) is 6.19. The number of carbonyl (C=O) groups is 2. The maximum absolute atomic E-state index is 12.6. The molecule has 0 aliphatic carbocycles. The van der Waals surface area contributed by atoms with Gasteiger partial charge in [-0.05, 0) is 37.6 Å². The van der Waals surface area contributed by atoms with Crippen LogP contribution in [0.3, 0.4) is 0 Å². The number of aromatic nitrogens is 3. The van der Waals surface area contributed by atoms with Gasteiger partial charge in [0, 0.05) is 41.7 Å². The third-order valence-electron chi connectivity index (χ3n) is 4.36. The number of urea groups is 1. The number of nitrogens with zero attached hydrogens (tertiary/aromatic N) is 3. The Balaban J connectivity index is 1.56. The van der Waals surface area contributed by atoms with Crippen LogP contribution in [0.4, 0.5) is 16.2 Å². The predicted octanol–water partition coefficient (Wildman–Crippen LogP) is 2.44. The Labute approximate surface area is 149 Å². The first kappa shape index (κ1) is 16.1. The van der Waals surface area contributed by atoms with Crippen LogP contribution >= 0.6 is 0 Å². The van der Waals surface area contributed by atoms with Crippen LogP contribution in [0, 0.1) is 6.92 Å². The molecule has 3 amide bonds. The first-order chi connectivity index (χ1) is 12.6. The lowest BCUT2D eigenvalue weighted by atomic mass is 10.2. The van der Waals surface area contributed by atoms with Crippen molar-refractivity contribution < 1.29 is 9.59 Å². The molecule has 0 radical (unpaired) electrons. The van der Waals surface area contributed by atoms with E-state index in [1.165, 1.54) is 6.20 Å². The highest BCUT2D eigenvalue weighted by molar-refractivity contribution is 6.06. The number of amides is 3. The van der Waals surface area contributed by atoms with Crippen molar-refractivity contribution in [2.75, 3.05) is 23.3 Å². The smallest absolute Gasteiger partial charge is 0.321 e. The molecule has 3 N–H and O–H groups in total. The van der Waals surface area contributed by atoms with Crippen molar-refractivity contribution >= 4 is 34.3 Å². The fourth-order valence-corrected chi connectivity index (χ4v) is 2.97. The minimum absolute atomic E-state index is 0.121. The van der Waals surface area contributed by atoms with Crippen molar-refractivity contribution in [3.63, 3.8) is 0 Å². The standard InChI is InChI=1S/C18H18N6O2/c1-11-15-8-12(10-20-16(15)23-22-11)17(25)21-13-4-2-5-14(9-13)24-7-3-6-19-18(24)26/h2,4-5,8-10H,3,6-7H2,1H3,(H,19,26)(H,21,25)(H,20,22,23). The number of pyridine rings is 1. The molecule has 4 rings (SSSR count). The summed E-state index contributed by atoms with van der Waals surface area (Å²) in [6.45, 7) is 3.23. The van der Waals surface area contributed by atoms with Crippen LogP contribution in [-0.2, 0) is 0 Å². The second-order valence-electron chi connectivity index (χ2n) is 6.19. The van der Waals surface area contributed by atoms with E-state index in [9.17, 15) is 9.59 Å². The number of rotatable bonds is 3. The molecule has 0 atom stereocenters. The monoisotopic (exact) mass is 350 g/mol. The van der Waals surface area contributed by atoms with Crippen LogP contribution in [0.5, 0.6) is 0 Å². The van der Waals surface area contributed by atoms with E-state index in [0.717, 1.165) is 23.2 Å². The molecule has 3 aromatic rings. The Bertz CT molecular complexity index is 996. The van der Waals surface area contributed by atoms with E-state index in [2.05, 4.69) is 25.8 Å². The molecule has 2 aromatic heterocycles. The van der Waals surface area contributed by atoms with E-state index in [1.807, 2.05) is 19.1 Å². The van der Waals surface area contributed by atoms with Crippen molar-refractivity contribution in [1.82, 2.24) is 20.5 Å². The topological polar surface area (TPSA) is 103 Å². The molecular weight excluding hydrogens is 332 g/mol. The molecule has 0 saturated carbocycles. The van der Waals surface area contributed by atoms with Crippen LogP contribution in [0.15, 0.2) is 36.5 Å². The van der Waals surface area contributed by atoms with Gasteiger partial charge in [0.25, 0.3) is 5.91 Å². The molecule has 1 aliphatic heterocycles. The summed E-state index contributed by atoms with van der Waals surface area (Å²) in [6.07, 6.45) is 2.39. The zero-order valence-electron chi connectivity index (χ0n) is 14.2. The van der Waals surface area contributed by atoms with E-state index >= 15 is 0 Å². The summed E-state index contributed by atoms with van der Waals surface area (Å²) in [7, 11) is 0. The molecule has 1 aromatic carbocycles. The Hall–Kier alpha value is -3.42. The number of hydrogen-bond donors (Lipinski definition) is 3. The zero-order chi connectivity index (χ0) is 18.1. The van der Waals surface area contributed by atoms with E-state index in [1.54, 1.807) is 23.1 Å². The largest absolute Gasteiger partial charge is 0.338 e. The van der Waals surface area contributed by atoms with Gasteiger partial charge in [0.05, 0.1) is 5.56 Å². The van der Waals surface area contributed by atoms with Crippen LogP contribution in [-0.4, -0.2) is 40.2 Å². The third kappa shape index (κ3) is 2.97. The summed E-state index contributed by atoms with van der Waals surface area (Å²) >= 11 is 0. The molecule has 26 heavy (non-hydrogen) atoms. The number of hydrogen-bond acceptors (Lipinski definition) is 4. The lowest BCUT2D eigenvalue weighted by molar-refractivity contribution is 0.102. The van der Waals surface area contributed by atoms with Gasteiger partial charge in [0.1, 0.15) is 0 Å². The summed E-state index contributed by atoms with van der Waals surface area (Å²) in [5, 5.41) is 13.4. The maximum atomic E-state index is 12.6. The van der Waals surface area contributed by atoms with Crippen molar-refractivity contribution in [3.8, 4) is 0 Å². The number of anilines is 2. The first-order valence-corrected chi connectivity index (χ1v) is 8.39. The number of nitrogens with one attached hydrogen (secondary N) is 3. The van der Waals surface area contributed by atoms with Gasteiger partial charge in [0.15, 0.2) is 5.65 Å². The fraction of sp³-hybridized carbons (Fsp3) is 0.222. The molecule has 0 spiro atoms. The van der Waals surface area contributed by atoms with Crippen molar-refractivity contribution in [1.29, 1.82) is 0 Å². The van der Waals surface area contributed by atoms with Crippen LogP contribution in [0.2, 0.25) is 0 Å². The zero-order valence-corrected chi connectivity index (χ0v) is 14.2. The lowest BCUT2D eigenvalue weighted by Gasteiger charge is -2.27. The van der Waals surface area contributed by atoms with Gasteiger partial charge >= 0.3 is 6.03 Å². The normalized spacial score (nSPS) is 14.3. The first-order valence-electron chi connectivity index (χ1n) is 8.39. The van der Waals surface area contributed by atoms with Crippen molar-refractivity contribution in [2.24, 2.45) is 0 Å². The molecule has 132 valence electrons. The Kier molecular flexibility index (Phi) is 4.00. The van der Waals surface area contributed by atoms with Gasteiger partial charge in [0.2, 0.25) is 0 Å². The van der Waals surface area contributed by atoms with Crippen molar-refractivity contribution in [3.05, 3.63) is 47.8 Å². The molecule has 0 bridgehead atoms. The van der Waals surface area contributed by atoms with Crippen LogP contribution in [0.25, 0.3) is 11.0 Å². The average molecular weight is 350 g/mol. The van der Waals surface area contributed by atoms with E-state index < -0.39 is 0 Å². The summed E-state index contributed by atoms with van der Waals surface area (Å²) in [6, 6.07) is 8.89. The van der Waals surface area contributed by atoms with Crippen LogP contribution < -0.4 is 15.5 Å². The van der Waals surface area contributed by atoms with Gasteiger partial charge in [-0.3, -0.25) is 14.8 Å². The summed E-state index contributed by atoms with van der Waals surface area (Å²) in [5.41, 5.74) is 3.26. The number of benzene rings is 1. The van der Waals surface area contributed by atoms with Crippen molar-refractivity contribution in [2.45, 2.75) is 13.3 Å². The molecule has 1 saturated heterocycles. The van der Waals surface area contributed by atoms with E-state index in [-0.39, 0.29) is 11.9 Å². The van der Waals surface area contributed by atoms with Gasteiger partial charge in [-0.2, -0.15) is 5.10 Å². The summed E-state index contributed by atoms with van der Waals surface area (Å²) in [4.78, 5) is 30.4. The highest BCUT2D eigenvalue weighted by Gasteiger charge is 2.19. The number of aromatic amines is 1. The Morgan fingerprint density at radius 1 is 1.31 bits per heavy atom. The minimum atomic E-state index is -0.264. The number of carbonyl (C=O) groups excluding carboxylic acids is 2. The quantitative estimate of drug-likeness (QED) is 0.675. The summed E-state index contributed by atoms with van der Waals surface area (Å²) < 4.78 is 0. The SMILES string of the molecule is Cc1[nH]nc2ncc(C(=O)Nc3cccc(N4CCCNC4=O)c3)cc12. The van der Waals surface area contributed by atoms with Gasteiger partial charge < -0.3 is 10.6 Å². The molecule has 8 heteroatoms. The average Bonchev–Trinajstić information content (AvgIpc) is 3.03. The Morgan fingerprint density at radius 2 is 2.19 bits per heavy atom. The molecule has 0 unspecified atom stereocenters. The van der Waals surface area contributed by atoms with E-state index in [0.29, 0.717) is 30.0 Å². The molecular formula is C18H18N6O2. The molecule has 3 heterocycles. The predicted molar refractivity (Wildman–Crippen MR) is 98.4 cm³/mol. The highest BCUT2D eigenvalue weighted by Crippen LogP contribution is 2.22.